The lowest BCUT2D eigenvalue weighted by Gasteiger charge is -2.66. The molecule has 9 rings (SSSR count). The summed E-state index contributed by atoms with van der Waals surface area (Å²) < 4.78 is 32.2. The van der Waals surface area contributed by atoms with Gasteiger partial charge in [-0.2, -0.15) is 4.98 Å². The topological polar surface area (TPSA) is 77.7 Å². The molecule has 0 atom stereocenters. The molecule has 6 saturated carbocycles. The van der Waals surface area contributed by atoms with E-state index < -0.39 is 12.8 Å². The number of rotatable bonds is 7. The van der Waals surface area contributed by atoms with Gasteiger partial charge in [0.25, 0.3) is 0 Å². The Morgan fingerprint density at radius 3 is 2.21 bits per heavy atom. The molecule has 2 aromatic rings. The number of halogens is 1. The number of fused-ring (bicyclic) bond motifs is 3. The van der Waals surface area contributed by atoms with E-state index in [1.807, 2.05) is 23.1 Å². The average molecular weight is 578 g/mol. The Hall–Kier alpha value is -2.26. The Morgan fingerprint density at radius 2 is 1.64 bits per heavy atom. The highest BCUT2D eigenvalue weighted by Crippen LogP contribution is 2.71. The van der Waals surface area contributed by atoms with Crippen LogP contribution in [0.4, 0.5) is 10.1 Å². The summed E-state index contributed by atoms with van der Waals surface area (Å²) in [6, 6.07) is 8.13. The van der Waals surface area contributed by atoms with Gasteiger partial charge in [0.15, 0.2) is 5.82 Å². The molecule has 1 saturated heterocycles. The molecule has 7 nitrogen and oxygen atoms in total. The van der Waals surface area contributed by atoms with Gasteiger partial charge in [0, 0.05) is 48.1 Å². The van der Waals surface area contributed by atoms with Crippen molar-refractivity contribution in [2.24, 2.45) is 16.2 Å². The first-order valence-corrected chi connectivity index (χ1v) is 15.9. The van der Waals surface area contributed by atoms with Crippen LogP contribution in [0.3, 0.4) is 0 Å². The van der Waals surface area contributed by atoms with Crippen LogP contribution in [0, 0.1) is 16.2 Å². The summed E-state index contributed by atoms with van der Waals surface area (Å²) in [5.41, 5.74) is 0.505. The van der Waals surface area contributed by atoms with Crippen molar-refractivity contribution >= 4 is 24.2 Å². The van der Waals surface area contributed by atoms with E-state index in [2.05, 4.69) is 45.8 Å². The van der Waals surface area contributed by atoms with E-state index in [1.54, 1.807) is 0 Å². The molecule has 1 aromatic heterocycles. The molecule has 1 aliphatic heterocycles. The predicted molar refractivity (Wildman–Crippen MR) is 159 cm³/mol. The summed E-state index contributed by atoms with van der Waals surface area (Å²) in [4.78, 5) is 21.0. The average Bonchev–Trinajstić information content (AvgIpc) is 3.44. The first-order valence-electron chi connectivity index (χ1n) is 15.9. The molecule has 0 unspecified atom stereocenters. The van der Waals surface area contributed by atoms with Crippen molar-refractivity contribution in [3.8, 4) is 0 Å². The minimum absolute atomic E-state index is 0.0151. The molecule has 7 aliphatic rings. The number of carbonyl (C=O) groups excluding carboxylic acids is 1. The third-order valence-electron chi connectivity index (χ3n) is 11.0. The molecule has 0 spiro atoms. The minimum Gasteiger partial charge on any atom is -0.407 e. The summed E-state index contributed by atoms with van der Waals surface area (Å²) in [5.74, 6) is 1.68. The smallest absolute Gasteiger partial charge is 0.407 e. The number of carbonyl (C=O) groups is 1. The van der Waals surface area contributed by atoms with E-state index in [4.69, 9.17) is 18.8 Å². The molecule has 226 valence electrons. The number of amides is 1. The van der Waals surface area contributed by atoms with Gasteiger partial charge < -0.3 is 18.7 Å². The number of aromatic nitrogens is 2. The van der Waals surface area contributed by atoms with Gasteiger partial charge in [-0.05, 0) is 86.2 Å². The number of alkyl halides is 1. The summed E-state index contributed by atoms with van der Waals surface area (Å²) in [7, 11) is -0.435. The molecule has 7 fully saturated rings. The largest absolute Gasteiger partial charge is 0.493 e. The quantitative estimate of drug-likeness (QED) is 0.374. The number of nitrogens with zero attached hydrogens (tertiary/aromatic N) is 3. The van der Waals surface area contributed by atoms with Gasteiger partial charge in [0.05, 0.1) is 0 Å². The molecule has 42 heavy (non-hydrogen) atoms. The zero-order chi connectivity index (χ0) is 29.6. The van der Waals surface area contributed by atoms with Gasteiger partial charge in [-0.1, -0.05) is 51.9 Å². The van der Waals surface area contributed by atoms with Gasteiger partial charge >= 0.3 is 7.12 Å². The normalized spacial score (nSPS) is 35.0. The molecule has 0 N–H and O–H groups in total. The molecule has 2 heterocycles. The highest BCUT2D eigenvalue weighted by atomic mass is 19.1. The van der Waals surface area contributed by atoms with E-state index in [-0.39, 0.29) is 33.0 Å². The van der Waals surface area contributed by atoms with Crippen LogP contribution in [0.5, 0.6) is 0 Å². The summed E-state index contributed by atoms with van der Waals surface area (Å²) >= 11 is 0. The summed E-state index contributed by atoms with van der Waals surface area (Å²) in [6.07, 6.45) is 8.13. The van der Waals surface area contributed by atoms with Crippen LogP contribution < -0.4 is 10.4 Å². The fourth-order valence-electron chi connectivity index (χ4n) is 8.43. The van der Waals surface area contributed by atoms with Crippen molar-refractivity contribution < 1.29 is 23.0 Å². The second kappa shape index (κ2) is 9.37. The van der Waals surface area contributed by atoms with Crippen LogP contribution in [0.1, 0.15) is 111 Å². The molecule has 1 aromatic carbocycles. The van der Waals surface area contributed by atoms with Gasteiger partial charge in [0.2, 0.25) is 11.8 Å². The van der Waals surface area contributed by atoms with Crippen LogP contribution in [0.2, 0.25) is 0 Å². The van der Waals surface area contributed by atoms with Crippen LogP contribution in [0.15, 0.2) is 28.8 Å². The molecular weight excluding hydrogens is 532 g/mol. The van der Waals surface area contributed by atoms with Crippen molar-refractivity contribution in [2.75, 3.05) is 24.7 Å². The second-order valence-corrected chi connectivity index (χ2v) is 16.5. The first-order chi connectivity index (χ1) is 19.7. The third kappa shape index (κ3) is 4.92. The van der Waals surface area contributed by atoms with E-state index in [0.717, 1.165) is 55.5 Å². The minimum atomic E-state index is -1.01. The van der Waals surface area contributed by atoms with Crippen LogP contribution in [-0.2, 0) is 24.9 Å². The Kier molecular flexibility index (Phi) is 6.36. The van der Waals surface area contributed by atoms with Crippen molar-refractivity contribution in [3.05, 3.63) is 36.0 Å². The van der Waals surface area contributed by atoms with Crippen LogP contribution >= 0.6 is 0 Å². The predicted octanol–water partition coefficient (Wildman–Crippen LogP) is 6.04. The lowest BCUT2D eigenvalue weighted by molar-refractivity contribution is -0.215. The first kappa shape index (κ1) is 28.5. The Morgan fingerprint density at radius 1 is 1.00 bits per heavy atom. The maximum Gasteiger partial charge on any atom is 0.493 e. The van der Waals surface area contributed by atoms with Crippen molar-refractivity contribution in [1.29, 1.82) is 0 Å². The van der Waals surface area contributed by atoms with Gasteiger partial charge in [-0.15, -0.1) is 0 Å². The number of benzene rings is 1. The zero-order valence-electron chi connectivity index (χ0n) is 25.9. The van der Waals surface area contributed by atoms with E-state index in [0.29, 0.717) is 51.3 Å². The lowest BCUT2D eigenvalue weighted by atomic mass is 9.41. The van der Waals surface area contributed by atoms with Crippen molar-refractivity contribution in [3.63, 3.8) is 0 Å². The molecule has 0 radical (unpaired) electrons. The van der Waals surface area contributed by atoms with Crippen LogP contribution in [-0.4, -0.2) is 48.6 Å². The van der Waals surface area contributed by atoms with Gasteiger partial charge in [0.1, 0.15) is 5.67 Å². The maximum atomic E-state index is 14.4. The highest BCUT2D eigenvalue weighted by Gasteiger charge is 2.69. The van der Waals surface area contributed by atoms with Gasteiger partial charge in [-0.25, -0.2) is 4.39 Å². The lowest BCUT2D eigenvalue weighted by Crippen LogP contribution is -2.65. The Labute approximate surface area is 249 Å². The summed E-state index contributed by atoms with van der Waals surface area (Å²) in [5, 5.41) is 4.46. The van der Waals surface area contributed by atoms with E-state index in [1.165, 1.54) is 0 Å². The molecule has 1 amide bonds. The van der Waals surface area contributed by atoms with Crippen LogP contribution in [0.25, 0.3) is 0 Å². The zero-order valence-corrected chi connectivity index (χ0v) is 25.9. The standard InChI is InChI=1S/C33H45BFN3O4/c1-28(2,3)27-36-26(37-42-27)32-12-9-30(10-13-32,11-14-32)20-38(25(39)16-31-17-33(35,18-31)19-31)24-8-6-7-23(15-24)34-40-21-29(4,5)22-41-34/h6-8,15H,9-14,16-22H2,1-5H3. The molecule has 9 heteroatoms. The number of hydrogen-bond donors (Lipinski definition) is 0. The number of hydrogen-bond acceptors (Lipinski definition) is 6. The fourth-order valence-corrected chi connectivity index (χ4v) is 8.43. The SMILES string of the molecule is CC1(C)COB(c2cccc(N(CC34CCC(c5noc(C(C)(C)C)n5)(CC3)CC4)C(=O)CC34CC(F)(C3)C4)c2)OC1. The maximum absolute atomic E-state index is 14.4. The Bertz CT molecular complexity index is 1330. The molecule has 4 bridgehead atoms. The van der Waals surface area contributed by atoms with Crippen molar-refractivity contribution in [2.45, 2.75) is 115 Å². The van der Waals surface area contributed by atoms with Crippen molar-refractivity contribution in [1.82, 2.24) is 10.1 Å². The molecule has 6 aliphatic carbocycles. The Balaban J connectivity index is 1.11. The van der Waals surface area contributed by atoms with E-state index >= 15 is 0 Å². The van der Waals surface area contributed by atoms with Gasteiger partial charge in [-0.3, -0.25) is 4.79 Å². The molecular formula is C33H45BFN3O4. The highest BCUT2D eigenvalue weighted by molar-refractivity contribution is 6.61. The monoisotopic (exact) mass is 577 g/mol. The number of anilines is 1. The third-order valence-corrected chi connectivity index (χ3v) is 11.0. The fraction of sp³-hybridized carbons (Fsp3) is 0.727. The van der Waals surface area contributed by atoms with E-state index in [9.17, 15) is 9.18 Å². The summed E-state index contributed by atoms with van der Waals surface area (Å²) in [6.45, 7) is 12.5. The second-order valence-electron chi connectivity index (χ2n) is 16.5.